The van der Waals surface area contributed by atoms with E-state index < -0.39 is 22.5 Å². The van der Waals surface area contributed by atoms with E-state index in [-0.39, 0.29) is 10.6 Å². The summed E-state index contributed by atoms with van der Waals surface area (Å²) in [6, 6.07) is 21.3. The highest BCUT2D eigenvalue weighted by atomic mass is 32.2. The Kier molecular flexibility index (Phi) is 8.83. The minimum atomic E-state index is -4.16. The van der Waals surface area contributed by atoms with E-state index in [1.807, 2.05) is 52.0 Å². The van der Waals surface area contributed by atoms with Crippen LogP contribution in [0.3, 0.4) is 0 Å². The number of rotatable bonds is 10. The van der Waals surface area contributed by atoms with Gasteiger partial charge in [0.05, 0.1) is 31.0 Å². The predicted molar refractivity (Wildman–Crippen MR) is 161 cm³/mol. The Balaban J connectivity index is 1.58. The Labute approximate surface area is 241 Å². The highest BCUT2D eigenvalue weighted by molar-refractivity contribution is 7.92. The molecule has 3 aromatic carbocycles. The smallest absolute Gasteiger partial charge is 0.264 e. The van der Waals surface area contributed by atoms with Crippen LogP contribution in [0.1, 0.15) is 28.1 Å². The number of methoxy groups -OCH3 is 2. The van der Waals surface area contributed by atoms with Crippen molar-refractivity contribution in [2.45, 2.75) is 32.6 Å². The molecule has 4 aromatic rings. The summed E-state index contributed by atoms with van der Waals surface area (Å²) in [6.45, 7) is 7.44. The molecule has 1 heterocycles. The normalized spacial score (nSPS) is 11.5. The quantitative estimate of drug-likeness (QED) is 0.210. The molecule has 0 aliphatic heterocycles. The van der Waals surface area contributed by atoms with Crippen LogP contribution in [-0.4, -0.2) is 45.9 Å². The number of sulfonamides is 1. The Morgan fingerprint density at radius 3 is 2.27 bits per heavy atom. The van der Waals surface area contributed by atoms with Crippen molar-refractivity contribution < 1.29 is 22.7 Å². The van der Waals surface area contributed by atoms with Crippen LogP contribution in [0.5, 0.6) is 11.5 Å². The van der Waals surface area contributed by atoms with Gasteiger partial charge in [-0.2, -0.15) is 5.10 Å². The second kappa shape index (κ2) is 12.3. The zero-order valence-electron chi connectivity index (χ0n) is 24.0. The number of aryl methyl sites for hydroxylation is 3. The van der Waals surface area contributed by atoms with Gasteiger partial charge in [0.2, 0.25) is 0 Å². The first-order valence-electron chi connectivity index (χ1n) is 12.9. The van der Waals surface area contributed by atoms with Gasteiger partial charge in [0.25, 0.3) is 15.9 Å². The molecule has 0 aliphatic carbocycles. The van der Waals surface area contributed by atoms with Crippen molar-refractivity contribution in [1.82, 2.24) is 9.99 Å². The molecule has 9 nitrogen and oxygen atoms in total. The van der Waals surface area contributed by atoms with Crippen molar-refractivity contribution in [3.63, 3.8) is 0 Å². The molecular weight excluding hydrogens is 540 g/mol. The Morgan fingerprint density at radius 2 is 1.61 bits per heavy atom. The molecule has 0 saturated heterocycles. The third kappa shape index (κ3) is 6.44. The molecule has 41 heavy (non-hydrogen) atoms. The maximum Gasteiger partial charge on any atom is 0.264 e. The third-order valence-corrected chi connectivity index (χ3v) is 8.45. The lowest BCUT2D eigenvalue weighted by molar-refractivity contribution is -0.119. The summed E-state index contributed by atoms with van der Waals surface area (Å²) < 4.78 is 41.2. The summed E-state index contributed by atoms with van der Waals surface area (Å²) >= 11 is 0. The van der Waals surface area contributed by atoms with Crippen molar-refractivity contribution in [3.8, 4) is 17.2 Å². The van der Waals surface area contributed by atoms with E-state index in [1.165, 1.54) is 32.4 Å². The highest BCUT2D eigenvalue weighted by Crippen LogP contribution is 2.32. The number of hydrogen-bond donors (Lipinski definition) is 1. The summed E-state index contributed by atoms with van der Waals surface area (Å²) in [5.41, 5.74) is 8.78. The second-order valence-corrected chi connectivity index (χ2v) is 11.5. The average molecular weight is 575 g/mol. The van der Waals surface area contributed by atoms with E-state index in [1.54, 1.807) is 30.5 Å². The minimum absolute atomic E-state index is 0.0457. The Bertz CT molecular complexity index is 1690. The lowest BCUT2D eigenvalue weighted by Gasteiger charge is -2.24. The predicted octanol–water partition coefficient (Wildman–Crippen LogP) is 5.07. The lowest BCUT2D eigenvalue weighted by atomic mass is 10.2. The summed E-state index contributed by atoms with van der Waals surface area (Å²) in [5.74, 6) is 0.0512. The first-order chi connectivity index (χ1) is 19.5. The first kappa shape index (κ1) is 29.4. The second-order valence-electron chi connectivity index (χ2n) is 9.66. The molecule has 0 atom stereocenters. The monoisotopic (exact) mass is 574 g/mol. The van der Waals surface area contributed by atoms with E-state index >= 15 is 0 Å². The summed E-state index contributed by atoms with van der Waals surface area (Å²) in [6.07, 6.45) is 1.56. The van der Waals surface area contributed by atoms with Crippen LogP contribution in [0, 0.1) is 27.7 Å². The van der Waals surface area contributed by atoms with Gasteiger partial charge in [-0.3, -0.25) is 9.10 Å². The molecule has 0 fully saturated rings. The Morgan fingerprint density at radius 1 is 0.902 bits per heavy atom. The average Bonchev–Trinajstić information content (AvgIpc) is 3.24. The van der Waals surface area contributed by atoms with Crippen LogP contribution in [-0.2, 0) is 14.8 Å². The molecule has 0 bridgehead atoms. The number of anilines is 1. The van der Waals surface area contributed by atoms with Gasteiger partial charge >= 0.3 is 0 Å². The number of nitrogens with one attached hydrogen (secondary N) is 1. The van der Waals surface area contributed by atoms with Crippen molar-refractivity contribution in [2.24, 2.45) is 5.10 Å². The van der Waals surface area contributed by atoms with Crippen LogP contribution in [0.4, 0.5) is 5.69 Å². The topological polar surface area (TPSA) is 102 Å². The number of ether oxygens (including phenoxy) is 2. The van der Waals surface area contributed by atoms with Gasteiger partial charge in [0.15, 0.2) is 11.5 Å². The minimum Gasteiger partial charge on any atom is -0.493 e. The van der Waals surface area contributed by atoms with Crippen LogP contribution in [0.25, 0.3) is 5.69 Å². The maximum absolute atomic E-state index is 13.8. The van der Waals surface area contributed by atoms with Crippen molar-refractivity contribution in [2.75, 3.05) is 25.1 Å². The van der Waals surface area contributed by atoms with Crippen molar-refractivity contribution in [1.29, 1.82) is 0 Å². The number of carbonyl (C=O) groups excluding carboxylic acids is 1. The molecule has 0 unspecified atom stereocenters. The molecule has 4 rings (SSSR count). The number of aromatic nitrogens is 1. The molecule has 1 amide bonds. The third-order valence-electron chi connectivity index (χ3n) is 6.68. The van der Waals surface area contributed by atoms with E-state index in [0.29, 0.717) is 11.4 Å². The summed E-state index contributed by atoms with van der Waals surface area (Å²) in [4.78, 5) is 13.0. The van der Waals surface area contributed by atoms with Crippen molar-refractivity contribution in [3.05, 3.63) is 101 Å². The maximum atomic E-state index is 13.8. The van der Waals surface area contributed by atoms with Gasteiger partial charge in [-0.25, -0.2) is 13.8 Å². The van der Waals surface area contributed by atoms with Crippen LogP contribution in [0.2, 0.25) is 0 Å². The van der Waals surface area contributed by atoms with Gasteiger partial charge in [-0.05, 0) is 75.7 Å². The number of hydrogen-bond acceptors (Lipinski definition) is 6. The zero-order valence-corrected chi connectivity index (χ0v) is 24.8. The fraction of sp³-hybridized carbons (Fsp3) is 0.226. The van der Waals surface area contributed by atoms with Crippen LogP contribution >= 0.6 is 0 Å². The van der Waals surface area contributed by atoms with E-state index in [9.17, 15) is 13.2 Å². The summed E-state index contributed by atoms with van der Waals surface area (Å²) in [5, 5.41) is 4.14. The van der Waals surface area contributed by atoms with Crippen LogP contribution in [0.15, 0.2) is 82.8 Å². The van der Waals surface area contributed by atoms with Gasteiger partial charge in [-0.1, -0.05) is 29.8 Å². The van der Waals surface area contributed by atoms with E-state index in [4.69, 9.17) is 9.47 Å². The number of carbonyl (C=O) groups is 1. The first-order valence-corrected chi connectivity index (χ1v) is 14.4. The molecule has 0 spiro atoms. The van der Waals surface area contributed by atoms with Gasteiger partial charge < -0.3 is 14.0 Å². The molecule has 1 aromatic heterocycles. The number of hydrazone groups is 1. The van der Waals surface area contributed by atoms with E-state index in [2.05, 4.69) is 21.2 Å². The standard InChI is InChI=1S/C31H34N4O5S/c1-21-10-12-26(13-11-21)34(41(37,38)28-14-15-29(39-5)30(18-28)40-6)20-31(36)33-32-19-25-17-23(3)35(24(25)4)27-9-7-8-22(2)16-27/h7-19H,20H2,1-6H3,(H,33,36)/b32-19-. The molecule has 0 saturated carbocycles. The zero-order chi connectivity index (χ0) is 29.7. The SMILES string of the molecule is COc1ccc(S(=O)(=O)N(CC(=O)N/N=C\c2cc(C)n(-c3cccc(C)c3)c2C)c2ccc(C)cc2)cc1OC. The molecule has 1 N–H and O–H groups in total. The molecule has 0 aliphatic rings. The highest BCUT2D eigenvalue weighted by Gasteiger charge is 2.28. The van der Waals surface area contributed by atoms with Gasteiger partial charge in [0, 0.05) is 28.7 Å². The Hall–Kier alpha value is -4.57. The van der Waals surface area contributed by atoms with Crippen LogP contribution < -0.4 is 19.2 Å². The van der Waals surface area contributed by atoms with E-state index in [0.717, 1.165) is 38.1 Å². The van der Waals surface area contributed by atoms with Gasteiger partial charge in [-0.15, -0.1) is 0 Å². The molecule has 0 radical (unpaired) electrons. The number of benzene rings is 3. The molecule has 10 heteroatoms. The largest absolute Gasteiger partial charge is 0.493 e. The number of nitrogens with zero attached hydrogens (tertiary/aromatic N) is 3. The fourth-order valence-electron chi connectivity index (χ4n) is 4.55. The van der Waals surface area contributed by atoms with Gasteiger partial charge in [0.1, 0.15) is 6.54 Å². The molecular formula is C31H34N4O5S. The number of amides is 1. The summed E-state index contributed by atoms with van der Waals surface area (Å²) in [7, 11) is -1.26. The lowest BCUT2D eigenvalue weighted by Crippen LogP contribution is -2.39. The van der Waals surface area contributed by atoms with Crippen molar-refractivity contribution >= 4 is 27.8 Å². The molecule has 214 valence electrons. The fourth-order valence-corrected chi connectivity index (χ4v) is 5.99.